The molecule has 2 rings (SSSR count). The van der Waals surface area contributed by atoms with E-state index in [0.29, 0.717) is 24.3 Å². The fourth-order valence-electron chi connectivity index (χ4n) is 3.48. The number of hydrogen-bond acceptors (Lipinski definition) is 3. The summed E-state index contributed by atoms with van der Waals surface area (Å²) in [5.74, 6) is 1.17. The Morgan fingerprint density at radius 1 is 1.17 bits per heavy atom. The molecular formula is C15H27NO2. The van der Waals surface area contributed by atoms with Crippen LogP contribution in [-0.4, -0.2) is 25.0 Å². The highest BCUT2D eigenvalue weighted by Crippen LogP contribution is 2.31. The molecule has 3 unspecified atom stereocenters. The lowest BCUT2D eigenvalue weighted by molar-refractivity contribution is -0.125. The summed E-state index contributed by atoms with van der Waals surface area (Å²) in [5.41, 5.74) is 5.79. The molecule has 0 bridgehead atoms. The summed E-state index contributed by atoms with van der Waals surface area (Å²) in [5, 5.41) is 0. The molecule has 0 radical (unpaired) electrons. The first-order valence-electron chi connectivity index (χ1n) is 7.65. The number of ether oxygens (including phenoxy) is 1. The number of Topliss-reactive ketones (excluding diaryl/α,β-unsaturated/α-hetero) is 1. The Bertz CT molecular complexity index is 261. The zero-order chi connectivity index (χ0) is 12.8. The lowest BCUT2D eigenvalue weighted by atomic mass is 9.76. The first-order chi connectivity index (χ1) is 8.81. The molecule has 0 spiro atoms. The third-order valence-electron chi connectivity index (χ3n) is 4.60. The summed E-state index contributed by atoms with van der Waals surface area (Å²) in [6.07, 6.45) is 10.3. The molecular weight excluding hydrogens is 226 g/mol. The zero-order valence-corrected chi connectivity index (χ0v) is 11.4. The lowest BCUT2D eigenvalue weighted by Crippen LogP contribution is -2.32. The molecule has 0 aromatic carbocycles. The van der Waals surface area contributed by atoms with Gasteiger partial charge in [-0.1, -0.05) is 12.8 Å². The lowest BCUT2D eigenvalue weighted by Gasteiger charge is -2.29. The van der Waals surface area contributed by atoms with Gasteiger partial charge >= 0.3 is 0 Å². The molecule has 0 aromatic rings. The first kappa shape index (κ1) is 14.0. The number of rotatable bonds is 6. The summed E-state index contributed by atoms with van der Waals surface area (Å²) in [6, 6.07) is 0. The van der Waals surface area contributed by atoms with Crippen LogP contribution in [0, 0.1) is 11.8 Å². The molecule has 1 saturated heterocycles. The molecule has 1 aliphatic carbocycles. The van der Waals surface area contributed by atoms with Crippen molar-refractivity contribution in [3.05, 3.63) is 0 Å². The predicted octanol–water partition coefficient (Wildman–Crippen LogP) is 2.67. The van der Waals surface area contributed by atoms with Gasteiger partial charge < -0.3 is 10.5 Å². The third kappa shape index (κ3) is 3.79. The highest BCUT2D eigenvalue weighted by Gasteiger charge is 2.29. The average molecular weight is 253 g/mol. The monoisotopic (exact) mass is 253 g/mol. The van der Waals surface area contributed by atoms with Crippen LogP contribution in [0.1, 0.15) is 57.8 Å². The van der Waals surface area contributed by atoms with Crippen LogP contribution >= 0.6 is 0 Å². The first-order valence-corrected chi connectivity index (χ1v) is 7.65. The number of carbonyl (C=O) groups excluding carboxylic acids is 1. The minimum absolute atomic E-state index is 0.258. The van der Waals surface area contributed by atoms with E-state index in [0.717, 1.165) is 38.7 Å². The van der Waals surface area contributed by atoms with Crippen molar-refractivity contribution in [1.82, 2.24) is 0 Å². The van der Waals surface area contributed by atoms with Crippen LogP contribution < -0.4 is 5.73 Å². The Kier molecular flexibility index (Phi) is 5.64. The van der Waals surface area contributed by atoms with Crippen molar-refractivity contribution in [2.75, 3.05) is 13.2 Å². The van der Waals surface area contributed by atoms with Gasteiger partial charge in [0.1, 0.15) is 5.78 Å². The van der Waals surface area contributed by atoms with Crippen molar-refractivity contribution in [3.63, 3.8) is 0 Å². The number of nitrogens with two attached hydrogens (primary N) is 1. The molecule has 2 N–H and O–H groups in total. The summed E-state index contributed by atoms with van der Waals surface area (Å²) >= 11 is 0. The van der Waals surface area contributed by atoms with E-state index in [-0.39, 0.29) is 5.92 Å². The van der Waals surface area contributed by atoms with Gasteiger partial charge in [-0.25, -0.2) is 0 Å². The molecule has 3 nitrogen and oxygen atoms in total. The highest BCUT2D eigenvalue weighted by atomic mass is 16.5. The third-order valence-corrected chi connectivity index (χ3v) is 4.60. The van der Waals surface area contributed by atoms with Gasteiger partial charge in [0.05, 0.1) is 6.10 Å². The maximum Gasteiger partial charge on any atom is 0.136 e. The van der Waals surface area contributed by atoms with E-state index in [2.05, 4.69) is 0 Å². The summed E-state index contributed by atoms with van der Waals surface area (Å²) in [6.45, 7) is 1.60. The van der Waals surface area contributed by atoms with E-state index in [1.54, 1.807) is 0 Å². The Balaban J connectivity index is 1.69. The summed E-state index contributed by atoms with van der Waals surface area (Å²) in [7, 11) is 0. The van der Waals surface area contributed by atoms with Gasteiger partial charge in [-0.15, -0.1) is 0 Å². The maximum atomic E-state index is 12.2. The SMILES string of the molecule is NCC1CCCCC1C(=O)CCCC1CCCO1. The van der Waals surface area contributed by atoms with E-state index in [4.69, 9.17) is 10.5 Å². The zero-order valence-electron chi connectivity index (χ0n) is 11.4. The van der Waals surface area contributed by atoms with E-state index in [1.807, 2.05) is 0 Å². The second-order valence-corrected chi connectivity index (χ2v) is 5.88. The van der Waals surface area contributed by atoms with Crippen LogP contribution in [0.4, 0.5) is 0 Å². The fourth-order valence-corrected chi connectivity index (χ4v) is 3.48. The highest BCUT2D eigenvalue weighted by molar-refractivity contribution is 5.81. The van der Waals surface area contributed by atoms with Crippen molar-refractivity contribution in [2.45, 2.75) is 63.9 Å². The van der Waals surface area contributed by atoms with Gasteiger partial charge in [-0.2, -0.15) is 0 Å². The van der Waals surface area contributed by atoms with Gasteiger partial charge in [0, 0.05) is 18.9 Å². The molecule has 2 fully saturated rings. The van der Waals surface area contributed by atoms with Crippen molar-refractivity contribution in [1.29, 1.82) is 0 Å². The van der Waals surface area contributed by atoms with Crippen LogP contribution in [0.3, 0.4) is 0 Å². The van der Waals surface area contributed by atoms with Gasteiger partial charge in [-0.3, -0.25) is 4.79 Å². The van der Waals surface area contributed by atoms with Gasteiger partial charge in [0.25, 0.3) is 0 Å². The van der Waals surface area contributed by atoms with Crippen LogP contribution in [0.15, 0.2) is 0 Å². The normalized spacial score (nSPS) is 32.6. The minimum Gasteiger partial charge on any atom is -0.378 e. The van der Waals surface area contributed by atoms with Crippen molar-refractivity contribution in [2.24, 2.45) is 17.6 Å². The fraction of sp³-hybridized carbons (Fsp3) is 0.933. The Hall–Kier alpha value is -0.410. The average Bonchev–Trinajstić information content (AvgIpc) is 2.91. The molecule has 18 heavy (non-hydrogen) atoms. The van der Waals surface area contributed by atoms with Gasteiger partial charge in [-0.05, 0) is 51.0 Å². The molecule has 104 valence electrons. The largest absolute Gasteiger partial charge is 0.378 e. The molecule has 3 atom stereocenters. The van der Waals surface area contributed by atoms with E-state index in [9.17, 15) is 4.79 Å². The van der Waals surface area contributed by atoms with Crippen LogP contribution in [-0.2, 0) is 9.53 Å². The molecule has 0 amide bonds. The molecule has 3 heteroatoms. The molecule has 1 saturated carbocycles. The molecule has 1 aliphatic heterocycles. The Morgan fingerprint density at radius 2 is 2.00 bits per heavy atom. The number of ketones is 1. The molecule has 0 aromatic heterocycles. The molecule has 2 aliphatic rings. The quantitative estimate of drug-likeness (QED) is 0.791. The van der Waals surface area contributed by atoms with E-state index >= 15 is 0 Å². The second kappa shape index (κ2) is 7.25. The van der Waals surface area contributed by atoms with E-state index < -0.39 is 0 Å². The van der Waals surface area contributed by atoms with Crippen molar-refractivity contribution >= 4 is 5.78 Å². The van der Waals surface area contributed by atoms with Crippen LogP contribution in [0.2, 0.25) is 0 Å². The maximum absolute atomic E-state index is 12.2. The topological polar surface area (TPSA) is 52.3 Å². The summed E-state index contributed by atoms with van der Waals surface area (Å²) in [4.78, 5) is 12.2. The second-order valence-electron chi connectivity index (χ2n) is 5.88. The Morgan fingerprint density at radius 3 is 2.72 bits per heavy atom. The minimum atomic E-state index is 0.258. The van der Waals surface area contributed by atoms with Gasteiger partial charge in [0.15, 0.2) is 0 Å². The van der Waals surface area contributed by atoms with E-state index in [1.165, 1.54) is 25.7 Å². The summed E-state index contributed by atoms with van der Waals surface area (Å²) < 4.78 is 5.59. The van der Waals surface area contributed by atoms with Crippen molar-refractivity contribution in [3.8, 4) is 0 Å². The standard InChI is InChI=1S/C15H27NO2/c16-11-12-5-1-2-8-14(12)15(17)9-3-6-13-7-4-10-18-13/h12-14H,1-11,16H2. The molecule has 1 heterocycles. The smallest absolute Gasteiger partial charge is 0.136 e. The van der Waals surface area contributed by atoms with Gasteiger partial charge in [0.2, 0.25) is 0 Å². The number of carbonyl (C=O) groups is 1. The number of hydrogen-bond donors (Lipinski definition) is 1. The van der Waals surface area contributed by atoms with Crippen molar-refractivity contribution < 1.29 is 9.53 Å². The predicted molar refractivity (Wildman–Crippen MR) is 72.3 cm³/mol. The van der Waals surface area contributed by atoms with Crippen LogP contribution in [0.25, 0.3) is 0 Å². The van der Waals surface area contributed by atoms with Crippen LogP contribution in [0.5, 0.6) is 0 Å². The Labute approximate surface area is 110 Å².